The van der Waals surface area contributed by atoms with E-state index in [0.29, 0.717) is 0 Å². The van der Waals surface area contributed by atoms with Gasteiger partial charge in [0.25, 0.3) is 0 Å². The summed E-state index contributed by atoms with van der Waals surface area (Å²) in [7, 11) is 0. The summed E-state index contributed by atoms with van der Waals surface area (Å²) in [6, 6.07) is 0.113. The Labute approximate surface area is 127 Å². The highest BCUT2D eigenvalue weighted by Crippen LogP contribution is 2.17. The van der Waals surface area contributed by atoms with Crippen LogP contribution in [0.5, 0.6) is 0 Å². The first-order valence-corrected chi connectivity index (χ1v) is 7.47. The topological polar surface area (TPSA) is 65.6 Å². The summed E-state index contributed by atoms with van der Waals surface area (Å²) in [5.74, 6) is 1.00. The van der Waals surface area contributed by atoms with Crippen LogP contribution in [0.3, 0.4) is 0 Å². The number of carbonyl (C=O) groups excluding carboxylic acids is 1. The molecular weight excluding hydrogens is 324 g/mol. The van der Waals surface area contributed by atoms with Crippen LogP contribution in [0.2, 0.25) is 0 Å². The maximum Gasteiger partial charge on any atom is 0.407 e. The molecule has 0 radical (unpaired) electrons. The zero-order valence-corrected chi connectivity index (χ0v) is 13.6. The van der Waals surface area contributed by atoms with E-state index >= 15 is 0 Å². The van der Waals surface area contributed by atoms with Crippen LogP contribution in [0.25, 0.3) is 0 Å². The van der Waals surface area contributed by atoms with Gasteiger partial charge in [0.15, 0.2) is 0 Å². The van der Waals surface area contributed by atoms with E-state index in [1.54, 1.807) is 0 Å². The molecule has 0 unspecified atom stereocenters. The van der Waals surface area contributed by atoms with Gasteiger partial charge >= 0.3 is 6.09 Å². The van der Waals surface area contributed by atoms with Gasteiger partial charge < -0.3 is 15.0 Å². The van der Waals surface area contributed by atoms with Crippen molar-refractivity contribution in [2.45, 2.75) is 38.8 Å². The number of alkyl carbamates (subject to hydrolysis) is 1. The third kappa shape index (κ3) is 4.33. The molecule has 0 spiro atoms. The fraction of sp³-hybridized carbons (Fsp3) is 0.615. The molecule has 1 atom stereocenters. The van der Waals surface area contributed by atoms with Crippen molar-refractivity contribution in [1.29, 1.82) is 0 Å². The number of nitrogens with one attached hydrogen (secondary N) is 3. The summed E-state index contributed by atoms with van der Waals surface area (Å²) < 4.78 is 6.16. The van der Waals surface area contributed by atoms with Gasteiger partial charge in [-0.2, -0.15) is 0 Å². The highest BCUT2D eigenvalue weighted by molar-refractivity contribution is 9.11. The number of hydrogen-bond donors (Lipinski definition) is 3. The minimum atomic E-state index is -0.461. The van der Waals surface area contributed by atoms with Crippen molar-refractivity contribution in [2.24, 2.45) is 0 Å². The molecule has 1 amide bonds. The largest absolute Gasteiger partial charge is 0.444 e. The zero-order valence-electron chi connectivity index (χ0n) is 12.0. The average molecular weight is 345 g/mol. The number of nitrogens with zero attached hydrogens (tertiary/aromatic N) is 1. The van der Waals surface area contributed by atoms with E-state index in [9.17, 15) is 4.79 Å². The highest BCUT2D eigenvalue weighted by Gasteiger charge is 2.27. The summed E-state index contributed by atoms with van der Waals surface area (Å²) in [4.78, 5) is 13.9. The first-order chi connectivity index (χ1) is 9.33. The van der Waals surface area contributed by atoms with Gasteiger partial charge in [-0.05, 0) is 55.3 Å². The van der Waals surface area contributed by atoms with Gasteiger partial charge in [0.05, 0.1) is 10.6 Å². The van der Waals surface area contributed by atoms with Crippen molar-refractivity contribution >= 4 is 22.0 Å². The molecule has 2 aliphatic rings. The van der Waals surface area contributed by atoms with Crippen LogP contribution in [-0.4, -0.2) is 35.7 Å². The second kappa shape index (κ2) is 5.95. The maximum atomic E-state index is 11.7. The van der Waals surface area contributed by atoms with E-state index in [-0.39, 0.29) is 12.1 Å². The molecule has 0 aliphatic carbocycles. The molecule has 2 heterocycles. The smallest absolute Gasteiger partial charge is 0.407 e. The van der Waals surface area contributed by atoms with E-state index in [0.717, 1.165) is 29.9 Å². The molecule has 0 aromatic rings. The normalized spacial score (nSPS) is 22.4. The zero-order chi connectivity index (χ0) is 14.8. The third-order valence-corrected chi connectivity index (χ3v) is 3.41. The predicted octanol–water partition coefficient (Wildman–Crippen LogP) is 1.77. The molecule has 2 aliphatic heterocycles. The Kier molecular flexibility index (Phi) is 4.47. The molecule has 0 bridgehead atoms. The number of likely N-dealkylation sites (tertiary alicyclic amines) is 1. The number of halogens is 1. The first kappa shape index (κ1) is 15.0. The fourth-order valence-corrected chi connectivity index (χ4v) is 2.35. The first-order valence-electron chi connectivity index (χ1n) is 6.67. The lowest BCUT2D eigenvalue weighted by atomic mass is 10.2. The van der Waals surface area contributed by atoms with Crippen LogP contribution in [-0.2, 0) is 4.74 Å². The number of carbonyl (C=O) groups is 1. The molecule has 0 aromatic heterocycles. The Morgan fingerprint density at radius 3 is 2.80 bits per heavy atom. The molecule has 20 heavy (non-hydrogen) atoms. The van der Waals surface area contributed by atoms with Gasteiger partial charge in [0.1, 0.15) is 11.4 Å². The van der Waals surface area contributed by atoms with Crippen LogP contribution in [0.1, 0.15) is 27.2 Å². The lowest BCUT2D eigenvalue weighted by Crippen LogP contribution is -2.43. The highest BCUT2D eigenvalue weighted by atomic mass is 79.9. The average Bonchev–Trinajstić information content (AvgIpc) is 2.75. The van der Waals surface area contributed by atoms with Crippen molar-refractivity contribution < 1.29 is 9.53 Å². The van der Waals surface area contributed by atoms with Gasteiger partial charge in [-0.3, -0.25) is 10.9 Å². The van der Waals surface area contributed by atoms with Crippen LogP contribution in [0.4, 0.5) is 4.79 Å². The maximum absolute atomic E-state index is 11.7. The van der Waals surface area contributed by atoms with Crippen LogP contribution in [0, 0.1) is 0 Å². The molecule has 2 rings (SSSR count). The quantitative estimate of drug-likeness (QED) is 0.666. The molecule has 0 saturated carbocycles. The number of hydrogen-bond acceptors (Lipinski definition) is 5. The van der Waals surface area contributed by atoms with E-state index in [2.05, 4.69) is 37.0 Å². The number of ether oxygens (including phenoxy) is 1. The minimum absolute atomic E-state index is 0.113. The lowest BCUT2D eigenvalue weighted by molar-refractivity contribution is 0.0506. The van der Waals surface area contributed by atoms with Crippen molar-refractivity contribution in [3.05, 3.63) is 22.6 Å². The third-order valence-electron chi connectivity index (χ3n) is 2.95. The van der Waals surface area contributed by atoms with E-state index in [1.807, 2.05) is 32.9 Å². The van der Waals surface area contributed by atoms with Gasteiger partial charge in [-0.25, -0.2) is 4.79 Å². The van der Waals surface area contributed by atoms with Crippen molar-refractivity contribution in [1.82, 2.24) is 21.1 Å². The van der Waals surface area contributed by atoms with E-state index in [4.69, 9.17) is 4.74 Å². The molecule has 7 heteroatoms. The minimum Gasteiger partial charge on any atom is -0.444 e. The second-order valence-corrected chi connectivity index (χ2v) is 6.75. The van der Waals surface area contributed by atoms with E-state index < -0.39 is 5.60 Å². The molecular formula is C13H21BrN4O2. The molecule has 1 saturated heterocycles. The van der Waals surface area contributed by atoms with Crippen molar-refractivity contribution in [2.75, 3.05) is 13.1 Å². The van der Waals surface area contributed by atoms with Gasteiger partial charge in [-0.1, -0.05) is 0 Å². The number of rotatable bonds is 2. The molecule has 3 N–H and O–H groups in total. The monoisotopic (exact) mass is 344 g/mol. The number of hydrazine groups is 1. The Hall–Kier alpha value is -1.37. The van der Waals surface area contributed by atoms with Gasteiger partial charge in [0, 0.05) is 13.1 Å². The van der Waals surface area contributed by atoms with Gasteiger partial charge in [-0.15, -0.1) is 0 Å². The summed E-state index contributed by atoms with van der Waals surface area (Å²) in [5, 5.41) is 2.91. The molecule has 112 valence electrons. The number of allylic oxidation sites excluding steroid dienone is 2. The Morgan fingerprint density at radius 2 is 2.20 bits per heavy atom. The van der Waals surface area contributed by atoms with Crippen LogP contribution >= 0.6 is 15.9 Å². The van der Waals surface area contributed by atoms with Crippen LogP contribution < -0.4 is 16.2 Å². The summed E-state index contributed by atoms with van der Waals surface area (Å²) in [5.41, 5.74) is 5.64. The SMILES string of the molecule is CC(C)(C)OC(=O)N[C@H]1CCN(C2=CC=C(Br)NN2)C1. The molecule has 6 nitrogen and oxygen atoms in total. The fourth-order valence-electron chi connectivity index (χ4n) is 2.11. The van der Waals surface area contributed by atoms with E-state index in [1.165, 1.54) is 0 Å². The van der Waals surface area contributed by atoms with Crippen molar-refractivity contribution in [3.63, 3.8) is 0 Å². The summed E-state index contributed by atoms with van der Waals surface area (Å²) >= 11 is 3.35. The Balaban J connectivity index is 1.82. The summed E-state index contributed by atoms with van der Waals surface area (Å²) in [6.07, 6.45) is 4.50. The predicted molar refractivity (Wildman–Crippen MR) is 80.7 cm³/mol. The van der Waals surface area contributed by atoms with Crippen LogP contribution in [0.15, 0.2) is 22.6 Å². The van der Waals surface area contributed by atoms with Gasteiger partial charge in [0.2, 0.25) is 0 Å². The number of amides is 1. The molecule has 0 aromatic carbocycles. The Bertz CT molecular complexity index is 442. The Morgan fingerprint density at radius 1 is 1.45 bits per heavy atom. The van der Waals surface area contributed by atoms with Crippen molar-refractivity contribution in [3.8, 4) is 0 Å². The second-order valence-electron chi connectivity index (χ2n) is 5.89. The lowest BCUT2D eigenvalue weighted by Gasteiger charge is -2.26. The molecule has 1 fully saturated rings. The summed E-state index contributed by atoms with van der Waals surface area (Å²) in [6.45, 7) is 7.25. The standard InChI is InChI=1S/C13H21BrN4O2/c1-13(2,3)20-12(19)15-9-6-7-18(8-9)11-5-4-10(14)16-17-11/h4-5,9,16-17H,6-8H2,1-3H3,(H,15,19)/t9-/m0/s1.